The molecular weight excluding hydrogens is 311 g/mol. The molecule has 0 saturated carbocycles. The number of rotatable bonds is 5. The average molecular weight is 328 g/mol. The number of halogens is 1. The van der Waals surface area contributed by atoms with Crippen LogP contribution in [0.1, 0.15) is 29.2 Å². The van der Waals surface area contributed by atoms with E-state index in [4.69, 9.17) is 0 Å². The van der Waals surface area contributed by atoms with Crippen molar-refractivity contribution in [3.8, 4) is 0 Å². The summed E-state index contributed by atoms with van der Waals surface area (Å²) in [5.74, 6) is -0.226. The Balaban J connectivity index is 1.72. The van der Waals surface area contributed by atoms with Crippen molar-refractivity contribution in [1.82, 2.24) is 15.2 Å². The molecule has 0 radical (unpaired) electrons. The van der Waals surface area contributed by atoms with Crippen LogP contribution in [0.2, 0.25) is 0 Å². The zero-order valence-corrected chi connectivity index (χ0v) is 13.8. The van der Waals surface area contributed by atoms with Gasteiger partial charge < -0.3 is 4.90 Å². The minimum Gasteiger partial charge on any atom is -0.341 e. The summed E-state index contributed by atoms with van der Waals surface area (Å²) in [5, 5.41) is 10.3. The van der Waals surface area contributed by atoms with Crippen LogP contribution in [0.25, 0.3) is 0 Å². The average Bonchev–Trinajstić information content (AvgIpc) is 3.05. The number of benzene rings is 1. The van der Waals surface area contributed by atoms with Crippen LogP contribution >= 0.6 is 11.3 Å². The molecule has 3 aromatic rings. The second kappa shape index (κ2) is 6.83. The summed E-state index contributed by atoms with van der Waals surface area (Å²) in [5.41, 5.74) is 2.01. The lowest BCUT2D eigenvalue weighted by Crippen LogP contribution is -2.22. The number of pyridine rings is 1. The number of hydrogen-bond acceptors (Lipinski definition) is 5. The minimum atomic E-state index is -0.226. The van der Waals surface area contributed by atoms with Gasteiger partial charge in [0.15, 0.2) is 0 Å². The lowest BCUT2D eigenvalue weighted by atomic mass is 10.2. The highest BCUT2D eigenvalue weighted by Gasteiger charge is 2.17. The Morgan fingerprint density at radius 3 is 2.61 bits per heavy atom. The summed E-state index contributed by atoms with van der Waals surface area (Å²) in [6, 6.07) is 12.5. The molecule has 6 heteroatoms. The molecule has 3 rings (SSSR count). The zero-order valence-electron chi connectivity index (χ0n) is 13.0. The van der Waals surface area contributed by atoms with Crippen molar-refractivity contribution >= 4 is 16.5 Å². The Bertz CT molecular complexity index is 758. The second-order valence-corrected chi connectivity index (χ2v) is 6.36. The van der Waals surface area contributed by atoms with Crippen LogP contribution in [0.3, 0.4) is 0 Å². The van der Waals surface area contributed by atoms with Gasteiger partial charge in [0.05, 0.1) is 11.7 Å². The molecule has 4 nitrogen and oxygen atoms in total. The fourth-order valence-electron chi connectivity index (χ4n) is 2.22. The van der Waals surface area contributed by atoms with Crippen molar-refractivity contribution in [2.75, 3.05) is 11.9 Å². The maximum atomic E-state index is 12.9. The smallest absolute Gasteiger partial charge is 0.208 e. The van der Waals surface area contributed by atoms with E-state index in [9.17, 15) is 4.39 Å². The molecule has 0 aliphatic heterocycles. The van der Waals surface area contributed by atoms with Crippen LogP contribution in [-0.4, -0.2) is 22.2 Å². The van der Waals surface area contributed by atoms with Crippen LogP contribution < -0.4 is 4.90 Å². The van der Waals surface area contributed by atoms with E-state index < -0.39 is 0 Å². The summed E-state index contributed by atoms with van der Waals surface area (Å²) >= 11 is 1.55. The van der Waals surface area contributed by atoms with Gasteiger partial charge in [-0.25, -0.2) is 4.39 Å². The maximum Gasteiger partial charge on any atom is 0.208 e. The van der Waals surface area contributed by atoms with Crippen molar-refractivity contribution < 1.29 is 4.39 Å². The zero-order chi connectivity index (χ0) is 16.2. The van der Waals surface area contributed by atoms with Crippen LogP contribution in [0.4, 0.5) is 9.52 Å². The fourth-order valence-corrected chi connectivity index (χ4v) is 3.14. The van der Waals surface area contributed by atoms with Crippen molar-refractivity contribution in [3.05, 3.63) is 70.7 Å². The first kappa shape index (κ1) is 15.6. The lowest BCUT2D eigenvalue weighted by Gasteiger charge is -2.23. The van der Waals surface area contributed by atoms with Gasteiger partial charge in [-0.3, -0.25) is 4.98 Å². The van der Waals surface area contributed by atoms with E-state index in [1.807, 2.05) is 25.2 Å². The monoisotopic (exact) mass is 328 g/mol. The Hall–Kier alpha value is -2.34. The van der Waals surface area contributed by atoms with E-state index >= 15 is 0 Å². The molecule has 0 saturated heterocycles. The predicted octanol–water partition coefficient (Wildman–Crippen LogP) is 3.86. The third kappa shape index (κ3) is 3.71. The first-order chi connectivity index (χ1) is 11.1. The van der Waals surface area contributed by atoms with Gasteiger partial charge in [0, 0.05) is 19.7 Å². The maximum absolute atomic E-state index is 12.9. The molecule has 0 spiro atoms. The van der Waals surface area contributed by atoms with Crippen molar-refractivity contribution in [1.29, 1.82) is 0 Å². The van der Waals surface area contributed by atoms with E-state index in [0.717, 1.165) is 21.4 Å². The molecular formula is C17H17FN4S. The quantitative estimate of drug-likeness (QED) is 0.713. The number of hydrogen-bond donors (Lipinski definition) is 0. The molecule has 0 amide bonds. The second-order valence-electron chi connectivity index (χ2n) is 5.32. The first-order valence-corrected chi connectivity index (χ1v) is 8.15. The molecule has 118 valence electrons. The van der Waals surface area contributed by atoms with Gasteiger partial charge in [0.25, 0.3) is 0 Å². The van der Waals surface area contributed by atoms with Gasteiger partial charge in [-0.15, -0.1) is 10.2 Å². The van der Waals surface area contributed by atoms with Crippen molar-refractivity contribution in [3.63, 3.8) is 0 Å². The molecule has 0 aliphatic carbocycles. The molecule has 2 heterocycles. The van der Waals surface area contributed by atoms with E-state index in [-0.39, 0.29) is 11.9 Å². The molecule has 0 bridgehead atoms. The number of nitrogens with zero attached hydrogens (tertiary/aromatic N) is 4. The van der Waals surface area contributed by atoms with Crippen LogP contribution in [-0.2, 0) is 6.42 Å². The Kier molecular flexibility index (Phi) is 4.62. The van der Waals surface area contributed by atoms with Crippen LogP contribution in [0, 0.1) is 5.82 Å². The van der Waals surface area contributed by atoms with Crippen molar-refractivity contribution in [2.24, 2.45) is 0 Å². The van der Waals surface area contributed by atoms with E-state index in [1.165, 1.54) is 12.1 Å². The van der Waals surface area contributed by atoms with Gasteiger partial charge in [0.2, 0.25) is 5.13 Å². The molecule has 0 fully saturated rings. The van der Waals surface area contributed by atoms with Gasteiger partial charge in [-0.1, -0.05) is 29.5 Å². The van der Waals surface area contributed by atoms with Crippen LogP contribution in [0.15, 0.2) is 48.7 Å². The Morgan fingerprint density at radius 2 is 1.91 bits per heavy atom. The molecule has 0 aliphatic rings. The highest BCUT2D eigenvalue weighted by atomic mass is 32.1. The Morgan fingerprint density at radius 1 is 1.13 bits per heavy atom. The van der Waals surface area contributed by atoms with Gasteiger partial charge in [-0.05, 0) is 36.8 Å². The fraction of sp³-hybridized carbons (Fsp3) is 0.235. The van der Waals surface area contributed by atoms with Gasteiger partial charge in [-0.2, -0.15) is 0 Å². The number of aromatic nitrogens is 3. The SMILES string of the molecule is CC(c1ccccn1)N(C)c1nnc(Cc2ccc(F)cc2)s1. The topological polar surface area (TPSA) is 41.9 Å². The molecule has 2 aromatic heterocycles. The van der Waals surface area contributed by atoms with Crippen LogP contribution in [0.5, 0.6) is 0 Å². The number of anilines is 1. The summed E-state index contributed by atoms with van der Waals surface area (Å²) in [7, 11) is 1.99. The van der Waals surface area contributed by atoms with E-state index in [1.54, 1.807) is 29.7 Å². The third-order valence-electron chi connectivity index (χ3n) is 3.72. The van der Waals surface area contributed by atoms with E-state index in [2.05, 4.69) is 27.0 Å². The highest BCUT2D eigenvalue weighted by molar-refractivity contribution is 7.15. The lowest BCUT2D eigenvalue weighted by molar-refractivity contribution is 0.627. The molecule has 0 N–H and O–H groups in total. The largest absolute Gasteiger partial charge is 0.341 e. The minimum absolute atomic E-state index is 0.114. The summed E-state index contributed by atoms with van der Waals surface area (Å²) in [6.07, 6.45) is 2.45. The highest BCUT2D eigenvalue weighted by Crippen LogP contribution is 2.27. The summed E-state index contributed by atoms with van der Waals surface area (Å²) in [4.78, 5) is 6.45. The molecule has 1 unspecified atom stereocenters. The first-order valence-electron chi connectivity index (χ1n) is 7.34. The third-order valence-corrected chi connectivity index (χ3v) is 4.74. The Labute approximate surface area is 138 Å². The predicted molar refractivity (Wildman–Crippen MR) is 90.2 cm³/mol. The summed E-state index contributed by atoms with van der Waals surface area (Å²) < 4.78 is 12.9. The molecule has 23 heavy (non-hydrogen) atoms. The normalized spacial score (nSPS) is 12.1. The molecule has 1 aromatic carbocycles. The van der Waals surface area contributed by atoms with Gasteiger partial charge >= 0.3 is 0 Å². The molecule has 1 atom stereocenters. The van der Waals surface area contributed by atoms with Crippen molar-refractivity contribution in [2.45, 2.75) is 19.4 Å². The standard InChI is InChI=1S/C17H17FN4S/c1-12(15-5-3-4-10-19-15)22(2)17-21-20-16(23-17)11-13-6-8-14(18)9-7-13/h3-10,12H,11H2,1-2H3. The summed E-state index contributed by atoms with van der Waals surface area (Å²) in [6.45, 7) is 2.09. The van der Waals surface area contributed by atoms with Gasteiger partial charge in [0.1, 0.15) is 10.8 Å². The van der Waals surface area contributed by atoms with E-state index in [0.29, 0.717) is 6.42 Å².